The van der Waals surface area contributed by atoms with E-state index in [2.05, 4.69) is 0 Å². The number of aryl methyl sites for hydroxylation is 3. The Kier molecular flexibility index (Phi) is 6.47. The van der Waals surface area contributed by atoms with Crippen LogP contribution in [-0.2, 0) is 28.9 Å². The molecule has 0 unspecified atom stereocenters. The van der Waals surface area contributed by atoms with Crippen LogP contribution in [0.2, 0.25) is 0 Å². The van der Waals surface area contributed by atoms with Crippen molar-refractivity contribution in [2.75, 3.05) is 37.7 Å². The van der Waals surface area contributed by atoms with E-state index in [9.17, 15) is 28.1 Å². The predicted molar refractivity (Wildman–Crippen MR) is 143 cm³/mol. The average Bonchev–Trinajstić information content (AvgIpc) is 3.36. The van der Waals surface area contributed by atoms with Crippen LogP contribution in [-0.4, -0.2) is 65.5 Å². The summed E-state index contributed by atoms with van der Waals surface area (Å²) in [6.07, 6.45) is 0. The van der Waals surface area contributed by atoms with Crippen LogP contribution in [0, 0.1) is 17.0 Å². The van der Waals surface area contributed by atoms with Crippen molar-refractivity contribution in [3.63, 3.8) is 0 Å². The van der Waals surface area contributed by atoms with Gasteiger partial charge in [0.15, 0.2) is 0 Å². The predicted octanol–water partition coefficient (Wildman–Crippen LogP) is 2.53. The summed E-state index contributed by atoms with van der Waals surface area (Å²) in [5, 5.41) is 12.4. The summed E-state index contributed by atoms with van der Waals surface area (Å²) in [4.78, 5) is 37.7. The highest BCUT2D eigenvalue weighted by molar-refractivity contribution is 7.89. The molecule has 0 radical (unpaired) electrons. The maximum Gasteiger partial charge on any atom is 0.374 e. The van der Waals surface area contributed by atoms with Gasteiger partial charge in [-0.3, -0.25) is 19.2 Å². The third-order valence-electron chi connectivity index (χ3n) is 7.15. The van der Waals surface area contributed by atoms with Crippen LogP contribution >= 0.6 is 0 Å². The Hall–Kier alpha value is -4.17. The Balaban J connectivity index is 1.42. The first-order valence-corrected chi connectivity index (χ1v) is 13.7. The van der Waals surface area contributed by atoms with E-state index in [4.69, 9.17) is 9.15 Å². The van der Waals surface area contributed by atoms with E-state index in [1.54, 1.807) is 38.9 Å². The molecule has 4 aromatic rings. The van der Waals surface area contributed by atoms with Crippen molar-refractivity contribution in [2.45, 2.75) is 18.7 Å². The van der Waals surface area contributed by atoms with E-state index in [1.807, 2.05) is 0 Å². The maximum atomic E-state index is 13.5. The Bertz CT molecular complexity index is 1810. The van der Waals surface area contributed by atoms with Gasteiger partial charge in [-0.1, -0.05) is 0 Å². The number of aromatic nitrogens is 2. The average molecular weight is 558 g/mol. The lowest BCUT2D eigenvalue weighted by Gasteiger charge is -2.35. The molecule has 0 spiro atoms. The molecule has 3 heterocycles. The number of nitro benzene ring substituents is 1. The minimum absolute atomic E-state index is 0.0319. The number of nitro groups is 1. The number of nitrogens with zero attached hydrogens (tertiary/aromatic N) is 5. The largest absolute Gasteiger partial charge is 0.460 e. The van der Waals surface area contributed by atoms with Crippen molar-refractivity contribution < 1.29 is 27.3 Å². The monoisotopic (exact) mass is 557 g/mol. The maximum absolute atomic E-state index is 13.5. The molecule has 2 aromatic carbocycles. The van der Waals surface area contributed by atoms with E-state index < -0.39 is 20.9 Å². The third kappa shape index (κ3) is 4.25. The lowest BCUT2D eigenvalue weighted by Crippen LogP contribution is -2.48. The Labute approximate surface area is 223 Å². The summed E-state index contributed by atoms with van der Waals surface area (Å²) in [5.74, 6) is -0.584. The van der Waals surface area contributed by atoms with Gasteiger partial charge in [-0.15, -0.1) is 0 Å². The highest BCUT2D eigenvalue weighted by atomic mass is 32.2. The zero-order chi connectivity index (χ0) is 28.2. The second kappa shape index (κ2) is 9.54. The molecule has 2 aromatic heterocycles. The van der Waals surface area contributed by atoms with Crippen LogP contribution in [0.15, 0.2) is 44.4 Å². The zero-order valence-corrected chi connectivity index (χ0v) is 22.6. The minimum atomic E-state index is -3.90. The molecule has 0 saturated carbocycles. The van der Waals surface area contributed by atoms with Crippen molar-refractivity contribution in [1.29, 1.82) is 0 Å². The van der Waals surface area contributed by atoms with Gasteiger partial charge in [0.1, 0.15) is 11.3 Å². The van der Waals surface area contributed by atoms with Gasteiger partial charge in [0, 0.05) is 57.3 Å². The lowest BCUT2D eigenvalue weighted by molar-refractivity contribution is -0.384. The van der Waals surface area contributed by atoms with E-state index in [1.165, 1.54) is 37.7 Å². The number of anilines is 1. The summed E-state index contributed by atoms with van der Waals surface area (Å²) in [7, 11) is -0.751. The summed E-state index contributed by atoms with van der Waals surface area (Å²) in [5.41, 5.74) is 1.72. The molecule has 1 aliphatic rings. The fraction of sp³-hybridized carbons (Fsp3) is 0.360. The summed E-state index contributed by atoms with van der Waals surface area (Å²) < 4.78 is 41.7. The smallest absolute Gasteiger partial charge is 0.374 e. The quantitative estimate of drug-likeness (QED) is 0.198. The molecule has 13 nitrogen and oxygen atoms in total. The number of sulfonamides is 1. The normalized spacial score (nSPS) is 14.8. The molecule has 0 bridgehead atoms. The van der Waals surface area contributed by atoms with Crippen LogP contribution in [0.5, 0.6) is 0 Å². The summed E-state index contributed by atoms with van der Waals surface area (Å²) >= 11 is 0. The van der Waals surface area contributed by atoms with Crippen LogP contribution in [0.4, 0.5) is 11.4 Å². The Morgan fingerprint density at radius 2 is 1.72 bits per heavy atom. The van der Waals surface area contributed by atoms with E-state index in [-0.39, 0.29) is 54.8 Å². The van der Waals surface area contributed by atoms with Gasteiger partial charge in [-0.05, 0) is 38.1 Å². The van der Waals surface area contributed by atoms with E-state index in [0.717, 1.165) is 0 Å². The first kappa shape index (κ1) is 26.4. The summed E-state index contributed by atoms with van der Waals surface area (Å²) in [6, 6.07) is 7.40. The molecule has 39 heavy (non-hydrogen) atoms. The number of rotatable bonds is 6. The first-order chi connectivity index (χ1) is 18.4. The minimum Gasteiger partial charge on any atom is -0.460 e. The van der Waals surface area contributed by atoms with Crippen LogP contribution in [0.3, 0.4) is 0 Å². The number of carbonyl (C=O) groups is 1. The molecule has 1 fully saturated rings. The molecule has 0 N–H and O–H groups in total. The van der Waals surface area contributed by atoms with Crippen molar-refractivity contribution in [2.24, 2.45) is 14.1 Å². The zero-order valence-electron chi connectivity index (χ0n) is 21.8. The highest BCUT2D eigenvalue weighted by Gasteiger charge is 2.32. The van der Waals surface area contributed by atoms with Gasteiger partial charge in [0.05, 0.1) is 27.5 Å². The number of furan rings is 1. The van der Waals surface area contributed by atoms with Crippen LogP contribution < -0.4 is 10.6 Å². The molecule has 0 aliphatic carbocycles. The van der Waals surface area contributed by atoms with Gasteiger partial charge in [0.25, 0.3) is 5.69 Å². The summed E-state index contributed by atoms with van der Waals surface area (Å²) in [6.45, 7) is 4.16. The second-order valence-corrected chi connectivity index (χ2v) is 11.3. The Morgan fingerprint density at radius 1 is 1.08 bits per heavy atom. The van der Waals surface area contributed by atoms with Crippen LogP contribution in [0.1, 0.15) is 23.0 Å². The molecule has 0 atom stereocenters. The van der Waals surface area contributed by atoms with Crippen LogP contribution in [0.25, 0.3) is 22.0 Å². The number of benzene rings is 2. The number of fused-ring (bicyclic) bond motifs is 2. The fourth-order valence-electron chi connectivity index (χ4n) is 4.99. The number of esters is 1. The van der Waals surface area contributed by atoms with Crippen molar-refractivity contribution >= 4 is 49.4 Å². The van der Waals surface area contributed by atoms with Crippen molar-refractivity contribution in [1.82, 2.24) is 13.4 Å². The molecular formula is C25H27N5O8S. The Morgan fingerprint density at radius 3 is 2.33 bits per heavy atom. The van der Waals surface area contributed by atoms with Gasteiger partial charge in [0.2, 0.25) is 15.8 Å². The van der Waals surface area contributed by atoms with Gasteiger partial charge < -0.3 is 14.1 Å². The molecule has 0 amide bonds. The second-order valence-electron chi connectivity index (χ2n) is 9.31. The number of ether oxygens (including phenoxy) is 1. The number of hydrogen-bond donors (Lipinski definition) is 0. The number of piperazine rings is 1. The molecule has 14 heteroatoms. The molecular weight excluding hydrogens is 530 g/mol. The topological polar surface area (TPSA) is 150 Å². The first-order valence-electron chi connectivity index (χ1n) is 12.2. The van der Waals surface area contributed by atoms with E-state index in [0.29, 0.717) is 33.3 Å². The molecule has 206 valence electrons. The lowest BCUT2D eigenvalue weighted by atomic mass is 10.1. The number of hydrogen-bond acceptors (Lipinski definition) is 9. The SMILES string of the molecule is CCOC(=O)c1oc2ccc(S(=O)(=O)N3CCN(c4cc5c(cc4[N+](=O)[O-])n(C)c(=O)n5C)CC3)cc2c1C. The van der Waals surface area contributed by atoms with Crippen molar-refractivity contribution in [3.8, 4) is 0 Å². The fourth-order valence-corrected chi connectivity index (χ4v) is 6.44. The van der Waals surface area contributed by atoms with Gasteiger partial charge in [-0.2, -0.15) is 4.31 Å². The van der Waals surface area contributed by atoms with Gasteiger partial charge in [-0.25, -0.2) is 18.0 Å². The van der Waals surface area contributed by atoms with Crippen molar-refractivity contribution in [3.05, 3.63) is 62.3 Å². The molecule has 1 saturated heterocycles. The third-order valence-corrected chi connectivity index (χ3v) is 9.05. The highest BCUT2D eigenvalue weighted by Crippen LogP contribution is 2.34. The van der Waals surface area contributed by atoms with E-state index >= 15 is 0 Å². The van der Waals surface area contributed by atoms with Gasteiger partial charge >= 0.3 is 11.7 Å². The molecule has 5 rings (SSSR count). The number of imidazole rings is 1. The standard InChI is InChI=1S/C25H27N5O8S/c1-5-37-24(31)23-15(2)17-12-16(6-7-22(17)38-23)39(35,36)29-10-8-28(9-11-29)20-13-18-19(14-21(20)30(33)34)27(4)25(32)26(18)3/h6-7,12-14H,5,8-11H2,1-4H3. The number of carbonyl (C=O) groups excluding carboxylic acids is 1. The molecule has 1 aliphatic heterocycles.